The molecule has 0 atom stereocenters. The van der Waals surface area contributed by atoms with Gasteiger partial charge < -0.3 is 0 Å². The zero-order valence-electron chi connectivity index (χ0n) is 22.4. The first-order valence-corrected chi connectivity index (χ1v) is 12.8. The van der Waals surface area contributed by atoms with E-state index in [2.05, 4.69) is 150 Å². The van der Waals surface area contributed by atoms with Gasteiger partial charge in [0.15, 0.2) is 0 Å². The highest BCUT2D eigenvalue weighted by atomic mass is 14.3. The smallest absolute Gasteiger partial charge is 0.00632 e. The van der Waals surface area contributed by atoms with Crippen LogP contribution in [0.4, 0.5) is 0 Å². The molecule has 0 heteroatoms. The summed E-state index contributed by atoms with van der Waals surface area (Å²) in [5, 5.41) is 0. The Kier molecular flexibility index (Phi) is 9.25. The topological polar surface area (TPSA) is 0 Å². The first-order valence-electron chi connectivity index (χ1n) is 12.8. The summed E-state index contributed by atoms with van der Waals surface area (Å²) in [5.41, 5.74) is 7.84. The van der Waals surface area contributed by atoms with E-state index in [1.807, 2.05) is 12.1 Å². The minimum atomic E-state index is 0.119. The van der Waals surface area contributed by atoms with Crippen LogP contribution in [0, 0.1) is 0 Å². The van der Waals surface area contributed by atoms with Crippen LogP contribution in [0.3, 0.4) is 0 Å². The number of hydrogen-bond acceptors (Lipinski definition) is 0. The third-order valence-electron chi connectivity index (χ3n) is 6.79. The van der Waals surface area contributed by atoms with E-state index < -0.39 is 0 Å². The van der Waals surface area contributed by atoms with Crippen molar-refractivity contribution in [2.24, 2.45) is 0 Å². The predicted molar refractivity (Wildman–Crippen MR) is 159 cm³/mol. The molecule has 0 aliphatic heterocycles. The van der Waals surface area contributed by atoms with E-state index in [1.54, 1.807) is 0 Å². The summed E-state index contributed by atoms with van der Waals surface area (Å²) in [6, 6.07) is 42.1. The van der Waals surface area contributed by atoms with Gasteiger partial charge in [-0.25, -0.2) is 0 Å². The molecule has 0 radical (unpaired) electrons. The van der Waals surface area contributed by atoms with Gasteiger partial charge in [0.05, 0.1) is 0 Å². The summed E-state index contributed by atoms with van der Waals surface area (Å²) in [4.78, 5) is 0. The molecule has 0 nitrogen and oxygen atoms in total. The van der Waals surface area contributed by atoms with Crippen LogP contribution in [-0.4, -0.2) is 0 Å². The molecule has 0 amide bonds. The zero-order valence-corrected chi connectivity index (χ0v) is 22.4. The molecule has 4 aromatic rings. The Morgan fingerprint density at radius 2 is 0.694 bits per heavy atom. The molecule has 0 fully saturated rings. The van der Waals surface area contributed by atoms with E-state index >= 15 is 0 Å². The van der Waals surface area contributed by atoms with Gasteiger partial charge in [0.25, 0.3) is 0 Å². The highest BCUT2D eigenvalue weighted by Crippen LogP contribution is 2.34. The second-order valence-electron chi connectivity index (χ2n) is 10.8. The Morgan fingerprint density at radius 3 is 0.972 bits per heavy atom. The van der Waals surface area contributed by atoms with Crippen molar-refractivity contribution in [2.45, 2.75) is 51.4 Å². The summed E-state index contributed by atoms with van der Waals surface area (Å²) in [5.74, 6) is 0. The SMILES string of the molecule is C=C(CC(C)(C)c1ccccc1)c1ccccc1.C=C(CC(C)(C)c1ccccc1)c1ccccc1. The number of allylic oxidation sites excluding steroid dienone is 2. The van der Waals surface area contributed by atoms with Crippen LogP contribution in [0.25, 0.3) is 11.1 Å². The van der Waals surface area contributed by atoms with Crippen LogP contribution in [0.1, 0.15) is 62.8 Å². The highest BCUT2D eigenvalue weighted by molar-refractivity contribution is 5.65. The Bertz CT molecular complexity index is 1110. The van der Waals surface area contributed by atoms with Crippen molar-refractivity contribution < 1.29 is 0 Å². The molecular weight excluding hydrogens is 432 g/mol. The quantitative estimate of drug-likeness (QED) is 0.239. The van der Waals surface area contributed by atoms with Gasteiger partial charge in [0.2, 0.25) is 0 Å². The molecule has 0 spiro atoms. The van der Waals surface area contributed by atoms with Crippen molar-refractivity contribution in [1.29, 1.82) is 0 Å². The van der Waals surface area contributed by atoms with Gasteiger partial charge >= 0.3 is 0 Å². The Balaban J connectivity index is 0.000000201. The molecule has 184 valence electrons. The first kappa shape index (κ1) is 27.0. The van der Waals surface area contributed by atoms with Gasteiger partial charge in [0.1, 0.15) is 0 Å². The highest BCUT2D eigenvalue weighted by Gasteiger charge is 2.22. The lowest BCUT2D eigenvalue weighted by Gasteiger charge is -2.26. The molecular formula is C36H40. The van der Waals surface area contributed by atoms with Crippen molar-refractivity contribution in [3.63, 3.8) is 0 Å². The van der Waals surface area contributed by atoms with Crippen LogP contribution in [0.15, 0.2) is 134 Å². The summed E-state index contributed by atoms with van der Waals surface area (Å²) < 4.78 is 0. The van der Waals surface area contributed by atoms with Crippen molar-refractivity contribution >= 4 is 11.1 Å². The lowest BCUT2D eigenvalue weighted by Crippen LogP contribution is -2.17. The van der Waals surface area contributed by atoms with Crippen LogP contribution in [0.2, 0.25) is 0 Å². The van der Waals surface area contributed by atoms with Gasteiger partial charge in [-0.15, -0.1) is 0 Å². The Morgan fingerprint density at radius 1 is 0.444 bits per heavy atom. The Hall–Kier alpha value is -3.64. The van der Waals surface area contributed by atoms with Gasteiger partial charge in [0, 0.05) is 0 Å². The molecule has 0 bridgehead atoms. The van der Waals surface area contributed by atoms with Gasteiger partial charge in [-0.2, -0.15) is 0 Å². The molecule has 0 aliphatic rings. The first-order chi connectivity index (χ1) is 17.2. The van der Waals surface area contributed by atoms with Crippen molar-refractivity contribution in [1.82, 2.24) is 0 Å². The molecule has 0 aliphatic carbocycles. The van der Waals surface area contributed by atoms with E-state index in [4.69, 9.17) is 0 Å². The standard InChI is InChI=1S/2C18H20/c2*1-15(16-10-6-4-7-11-16)14-18(2,3)17-12-8-5-9-13-17/h2*4-13H,1,14H2,2-3H3. The maximum atomic E-state index is 4.24. The van der Waals surface area contributed by atoms with Crippen molar-refractivity contribution in [3.8, 4) is 0 Å². The fraction of sp³-hybridized carbons (Fsp3) is 0.222. The van der Waals surface area contributed by atoms with Crippen LogP contribution < -0.4 is 0 Å². The van der Waals surface area contributed by atoms with Gasteiger partial charge in [-0.05, 0) is 57.1 Å². The summed E-state index contributed by atoms with van der Waals surface area (Å²) in [6.45, 7) is 17.6. The summed E-state index contributed by atoms with van der Waals surface area (Å²) in [7, 11) is 0. The fourth-order valence-electron chi connectivity index (χ4n) is 4.60. The van der Waals surface area contributed by atoms with Crippen LogP contribution >= 0.6 is 0 Å². The van der Waals surface area contributed by atoms with Gasteiger partial charge in [-0.3, -0.25) is 0 Å². The zero-order chi connectivity index (χ0) is 26.0. The van der Waals surface area contributed by atoms with Crippen LogP contribution in [0.5, 0.6) is 0 Å². The van der Waals surface area contributed by atoms with Crippen molar-refractivity contribution in [3.05, 3.63) is 157 Å². The number of rotatable bonds is 8. The average molecular weight is 473 g/mol. The van der Waals surface area contributed by atoms with E-state index in [9.17, 15) is 0 Å². The third-order valence-corrected chi connectivity index (χ3v) is 6.79. The molecule has 0 saturated carbocycles. The number of hydrogen-bond donors (Lipinski definition) is 0. The van der Waals surface area contributed by atoms with E-state index in [-0.39, 0.29) is 10.8 Å². The second kappa shape index (κ2) is 12.4. The Labute approximate surface area is 219 Å². The summed E-state index contributed by atoms with van der Waals surface area (Å²) >= 11 is 0. The molecule has 0 N–H and O–H groups in total. The molecule has 0 aromatic heterocycles. The normalized spacial score (nSPS) is 11.2. The minimum Gasteiger partial charge on any atom is -0.0952 e. The number of benzene rings is 4. The maximum absolute atomic E-state index is 4.24. The van der Waals surface area contributed by atoms with E-state index in [1.165, 1.54) is 33.4 Å². The maximum Gasteiger partial charge on any atom is -0.00632 e. The van der Waals surface area contributed by atoms with Crippen molar-refractivity contribution in [2.75, 3.05) is 0 Å². The minimum absolute atomic E-state index is 0.119. The third kappa shape index (κ3) is 7.68. The lowest BCUT2D eigenvalue weighted by atomic mass is 9.78. The monoisotopic (exact) mass is 472 g/mol. The molecule has 0 heterocycles. The predicted octanol–water partition coefficient (Wildman–Crippen LogP) is 10.1. The molecule has 4 aromatic carbocycles. The molecule has 0 saturated heterocycles. The summed E-state index contributed by atoms with van der Waals surface area (Å²) in [6.07, 6.45) is 1.95. The van der Waals surface area contributed by atoms with E-state index in [0.717, 1.165) is 12.8 Å². The largest absolute Gasteiger partial charge is 0.0952 e. The van der Waals surface area contributed by atoms with Crippen LogP contribution in [-0.2, 0) is 10.8 Å². The molecule has 0 unspecified atom stereocenters. The molecule has 4 rings (SSSR count). The second-order valence-corrected chi connectivity index (χ2v) is 10.8. The fourth-order valence-corrected chi connectivity index (χ4v) is 4.60. The molecule has 36 heavy (non-hydrogen) atoms. The lowest BCUT2D eigenvalue weighted by molar-refractivity contribution is 0.542. The van der Waals surface area contributed by atoms with Gasteiger partial charge in [-0.1, -0.05) is 162 Å². The van der Waals surface area contributed by atoms with E-state index in [0.29, 0.717) is 0 Å². The average Bonchev–Trinajstić information content (AvgIpc) is 2.90.